The van der Waals surface area contributed by atoms with Crippen molar-refractivity contribution >= 4 is 18.0 Å². The van der Waals surface area contributed by atoms with Crippen LogP contribution in [0.5, 0.6) is 0 Å². The number of nitrogens with zero attached hydrogens (tertiary/aromatic N) is 2. The van der Waals surface area contributed by atoms with E-state index >= 15 is 0 Å². The number of carbonyl (C=O) groups is 3. The van der Waals surface area contributed by atoms with Gasteiger partial charge < -0.3 is 9.47 Å². The molecular formula is C22H30N2O6. The quantitative estimate of drug-likeness (QED) is 0.540. The predicted octanol–water partition coefficient (Wildman–Crippen LogP) is 3.05. The Morgan fingerprint density at radius 2 is 1.93 bits per heavy atom. The molecule has 0 N–H and O–H groups in total. The second-order valence-electron chi connectivity index (χ2n) is 8.65. The van der Waals surface area contributed by atoms with E-state index in [1.807, 2.05) is 30.3 Å². The molecule has 2 unspecified atom stereocenters. The van der Waals surface area contributed by atoms with Crippen molar-refractivity contribution in [2.75, 3.05) is 13.2 Å². The minimum atomic E-state index is -0.694. The number of ether oxygens (including phenoxy) is 2. The van der Waals surface area contributed by atoms with Crippen LogP contribution < -0.4 is 0 Å². The molecule has 1 aromatic carbocycles. The molecule has 1 aromatic rings. The lowest BCUT2D eigenvalue weighted by atomic mass is 10.0. The van der Waals surface area contributed by atoms with E-state index in [2.05, 4.69) is 0 Å². The molecule has 0 spiro atoms. The first-order valence-electron chi connectivity index (χ1n) is 10.4. The predicted molar refractivity (Wildman–Crippen MR) is 108 cm³/mol. The maximum Gasteiger partial charge on any atom is 0.410 e. The zero-order valence-electron chi connectivity index (χ0n) is 17.8. The van der Waals surface area contributed by atoms with E-state index in [-0.39, 0.29) is 31.5 Å². The Balaban J connectivity index is 1.77. The normalized spacial score (nSPS) is 21.8. The molecule has 0 saturated carbocycles. The van der Waals surface area contributed by atoms with Crippen molar-refractivity contribution in [3.8, 4) is 0 Å². The first kappa shape index (κ1) is 22.1. The van der Waals surface area contributed by atoms with E-state index in [1.165, 1.54) is 9.96 Å². The largest absolute Gasteiger partial charge is 0.463 e. The van der Waals surface area contributed by atoms with Crippen LogP contribution in [0.3, 0.4) is 0 Å². The van der Waals surface area contributed by atoms with Crippen LogP contribution in [0.4, 0.5) is 4.79 Å². The summed E-state index contributed by atoms with van der Waals surface area (Å²) >= 11 is 0. The Morgan fingerprint density at radius 3 is 2.57 bits per heavy atom. The lowest BCUT2D eigenvalue weighted by Crippen LogP contribution is -2.56. The van der Waals surface area contributed by atoms with Crippen LogP contribution in [0, 0.1) is 0 Å². The second kappa shape index (κ2) is 9.47. The summed E-state index contributed by atoms with van der Waals surface area (Å²) in [6, 6.07) is 8.25. The lowest BCUT2D eigenvalue weighted by molar-refractivity contribution is -0.211. The van der Waals surface area contributed by atoms with Gasteiger partial charge in [0.05, 0.1) is 6.42 Å². The highest BCUT2D eigenvalue weighted by molar-refractivity contribution is 5.86. The van der Waals surface area contributed by atoms with Gasteiger partial charge in [-0.1, -0.05) is 30.3 Å². The fourth-order valence-electron chi connectivity index (χ4n) is 3.59. The van der Waals surface area contributed by atoms with Crippen LogP contribution in [-0.4, -0.2) is 58.8 Å². The molecule has 164 valence electrons. The number of cyclic esters (lactones) is 1. The van der Waals surface area contributed by atoms with Crippen molar-refractivity contribution in [2.24, 2.45) is 0 Å². The molecule has 2 amide bonds. The van der Waals surface area contributed by atoms with E-state index in [1.54, 1.807) is 20.8 Å². The fourth-order valence-corrected chi connectivity index (χ4v) is 3.59. The van der Waals surface area contributed by atoms with Gasteiger partial charge in [0.15, 0.2) is 0 Å². The van der Waals surface area contributed by atoms with E-state index < -0.39 is 23.8 Å². The maximum atomic E-state index is 13.5. The van der Waals surface area contributed by atoms with Crippen molar-refractivity contribution in [1.82, 2.24) is 9.96 Å². The number of hydroxylamine groups is 2. The molecule has 2 heterocycles. The third-order valence-corrected chi connectivity index (χ3v) is 5.02. The van der Waals surface area contributed by atoms with Crippen LogP contribution in [0.2, 0.25) is 0 Å². The number of rotatable bonds is 5. The first-order valence-corrected chi connectivity index (χ1v) is 10.4. The third-order valence-electron chi connectivity index (χ3n) is 5.02. The Labute approximate surface area is 177 Å². The highest BCUT2D eigenvalue weighted by Gasteiger charge is 2.41. The molecule has 2 fully saturated rings. The van der Waals surface area contributed by atoms with Gasteiger partial charge in [0.25, 0.3) is 5.91 Å². The molecule has 30 heavy (non-hydrogen) atoms. The standard InChI is InChI=1S/C22H30N2O6/c1-22(2,3)30-21(27)23-12-8-7-11-18(23)20(26)24(17-13-19(25)28-15-17)29-14-16-9-5-4-6-10-16/h4-6,9-10,17-18H,7-8,11-15H2,1-3H3. The molecule has 2 atom stereocenters. The van der Waals surface area contributed by atoms with Gasteiger partial charge in [-0.05, 0) is 45.6 Å². The molecule has 3 rings (SSSR count). The average Bonchev–Trinajstić information content (AvgIpc) is 3.13. The highest BCUT2D eigenvalue weighted by atomic mass is 16.7. The van der Waals surface area contributed by atoms with Crippen LogP contribution in [0.25, 0.3) is 0 Å². The number of amides is 2. The minimum absolute atomic E-state index is 0.0691. The Bertz CT molecular complexity index is 761. The Morgan fingerprint density at radius 1 is 1.20 bits per heavy atom. The molecule has 2 aliphatic rings. The fraction of sp³-hybridized carbons (Fsp3) is 0.591. The summed E-state index contributed by atoms with van der Waals surface area (Å²) in [7, 11) is 0. The van der Waals surface area contributed by atoms with E-state index in [9.17, 15) is 14.4 Å². The topological polar surface area (TPSA) is 85.4 Å². The van der Waals surface area contributed by atoms with Crippen LogP contribution in [0.15, 0.2) is 30.3 Å². The molecule has 0 radical (unpaired) electrons. The molecule has 0 bridgehead atoms. The number of benzene rings is 1. The van der Waals surface area contributed by atoms with Gasteiger partial charge in [-0.25, -0.2) is 9.86 Å². The zero-order chi connectivity index (χ0) is 21.7. The van der Waals surface area contributed by atoms with Crippen LogP contribution >= 0.6 is 0 Å². The molecule has 0 aromatic heterocycles. The lowest BCUT2D eigenvalue weighted by Gasteiger charge is -2.38. The van der Waals surface area contributed by atoms with Gasteiger partial charge in [0.2, 0.25) is 0 Å². The number of carbonyl (C=O) groups excluding carboxylic acids is 3. The van der Waals surface area contributed by atoms with E-state index in [0.717, 1.165) is 18.4 Å². The summed E-state index contributed by atoms with van der Waals surface area (Å²) in [5.41, 5.74) is 0.241. The number of hydrogen-bond donors (Lipinski definition) is 0. The van der Waals surface area contributed by atoms with Gasteiger partial charge in [-0.2, -0.15) is 0 Å². The van der Waals surface area contributed by atoms with Crippen molar-refractivity contribution in [3.05, 3.63) is 35.9 Å². The zero-order valence-corrected chi connectivity index (χ0v) is 17.8. The summed E-state index contributed by atoms with van der Waals surface area (Å²) in [6.45, 7) is 6.08. The summed E-state index contributed by atoms with van der Waals surface area (Å²) in [5, 5.41) is 1.24. The number of piperidine rings is 1. The number of hydrogen-bond acceptors (Lipinski definition) is 6. The van der Waals surface area contributed by atoms with Crippen molar-refractivity contribution in [2.45, 2.75) is 70.7 Å². The maximum absolute atomic E-state index is 13.5. The molecule has 0 aliphatic carbocycles. The SMILES string of the molecule is CC(C)(C)OC(=O)N1CCCCC1C(=O)N(OCc1ccccc1)C1COC(=O)C1. The molecule has 2 saturated heterocycles. The third kappa shape index (κ3) is 5.72. The minimum Gasteiger partial charge on any atom is -0.463 e. The summed E-state index contributed by atoms with van der Waals surface area (Å²) in [4.78, 5) is 45.2. The Hall–Kier alpha value is -2.61. The van der Waals surface area contributed by atoms with Crippen molar-refractivity contribution in [3.63, 3.8) is 0 Å². The van der Waals surface area contributed by atoms with Crippen LogP contribution in [0.1, 0.15) is 52.0 Å². The van der Waals surface area contributed by atoms with Crippen molar-refractivity contribution in [1.29, 1.82) is 0 Å². The summed E-state index contributed by atoms with van der Waals surface area (Å²) in [5.74, 6) is -0.714. The van der Waals surface area contributed by atoms with Gasteiger partial charge in [-0.3, -0.25) is 19.3 Å². The highest BCUT2D eigenvalue weighted by Crippen LogP contribution is 2.25. The second-order valence-corrected chi connectivity index (χ2v) is 8.65. The summed E-state index contributed by atoms with van der Waals surface area (Å²) < 4.78 is 10.6. The van der Waals surface area contributed by atoms with Gasteiger partial charge >= 0.3 is 12.1 Å². The van der Waals surface area contributed by atoms with Crippen molar-refractivity contribution < 1.29 is 28.7 Å². The first-order chi connectivity index (χ1) is 14.2. The molecule has 2 aliphatic heterocycles. The summed E-state index contributed by atoms with van der Waals surface area (Å²) in [6.07, 6.45) is 1.70. The molecular weight excluding hydrogens is 388 g/mol. The van der Waals surface area contributed by atoms with Gasteiger partial charge in [0.1, 0.15) is 30.9 Å². The molecule has 8 heteroatoms. The van der Waals surface area contributed by atoms with Crippen LogP contribution in [-0.2, 0) is 30.5 Å². The average molecular weight is 418 g/mol. The van der Waals surface area contributed by atoms with Gasteiger partial charge in [-0.15, -0.1) is 0 Å². The number of likely N-dealkylation sites (tertiary alicyclic amines) is 1. The smallest absolute Gasteiger partial charge is 0.410 e. The Kier molecular flexibility index (Phi) is 6.97. The monoisotopic (exact) mass is 418 g/mol. The van der Waals surface area contributed by atoms with Gasteiger partial charge in [0, 0.05) is 6.54 Å². The van der Waals surface area contributed by atoms with E-state index in [4.69, 9.17) is 14.3 Å². The molecule has 8 nitrogen and oxygen atoms in total. The van der Waals surface area contributed by atoms with E-state index in [0.29, 0.717) is 13.0 Å². The number of esters is 1.